The van der Waals surface area contributed by atoms with Gasteiger partial charge >= 0.3 is 0 Å². The van der Waals surface area contributed by atoms with Crippen LogP contribution in [0, 0.1) is 12.8 Å². The summed E-state index contributed by atoms with van der Waals surface area (Å²) in [4.78, 5) is 0. The first-order chi connectivity index (χ1) is 7.67. The standard InChI is InChI=1S/C13H25N3/c1-5-14-10-11(3)7-8-13-9-12(4)15-16(13)6-2/h9,11,14H,5-8,10H2,1-4H3. The van der Waals surface area contributed by atoms with Gasteiger partial charge in [0, 0.05) is 12.2 Å². The van der Waals surface area contributed by atoms with Crippen molar-refractivity contribution in [2.24, 2.45) is 5.92 Å². The lowest BCUT2D eigenvalue weighted by molar-refractivity contribution is 0.477. The fourth-order valence-electron chi connectivity index (χ4n) is 1.96. The minimum Gasteiger partial charge on any atom is -0.317 e. The molecule has 0 aromatic carbocycles. The monoisotopic (exact) mass is 223 g/mol. The highest BCUT2D eigenvalue weighted by atomic mass is 15.3. The van der Waals surface area contributed by atoms with E-state index in [1.165, 1.54) is 12.1 Å². The van der Waals surface area contributed by atoms with Crippen molar-refractivity contribution in [3.63, 3.8) is 0 Å². The maximum atomic E-state index is 4.47. The Kier molecular flexibility index (Phi) is 5.53. The molecule has 0 aliphatic heterocycles. The molecule has 0 aliphatic carbocycles. The van der Waals surface area contributed by atoms with Crippen LogP contribution in [0.15, 0.2) is 6.07 Å². The third-order valence-corrected chi connectivity index (χ3v) is 2.92. The number of hydrogen-bond donors (Lipinski definition) is 1. The average Bonchev–Trinajstić information content (AvgIpc) is 2.64. The summed E-state index contributed by atoms with van der Waals surface area (Å²) in [7, 11) is 0. The Morgan fingerprint density at radius 3 is 2.81 bits per heavy atom. The molecule has 0 fully saturated rings. The lowest BCUT2D eigenvalue weighted by Gasteiger charge is -2.11. The van der Waals surface area contributed by atoms with Crippen LogP contribution in [0.1, 0.15) is 38.6 Å². The lowest BCUT2D eigenvalue weighted by Crippen LogP contribution is -2.21. The van der Waals surface area contributed by atoms with Gasteiger partial charge in [-0.1, -0.05) is 13.8 Å². The highest BCUT2D eigenvalue weighted by Gasteiger charge is 2.06. The number of nitrogens with zero attached hydrogens (tertiary/aromatic N) is 2. The summed E-state index contributed by atoms with van der Waals surface area (Å²) >= 11 is 0. The summed E-state index contributed by atoms with van der Waals surface area (Å²) in [6, 6.07) is 2.21. The van der Waals surface area contributed by atoms with Crippen LogP contribution < -0.4 is 5.32 Å². The second kappa shape index (κ2) is 6.69. The van der Waals surface area contributed by atoms with Gasteiger partial charge in [0.05, 0.1) is 5.69 Å². The molecule has 3 nitrogen and oxygen atoms in total. The molecule has 0 saturated heterocycles. The van der Waals surface area contributed by atoms with Crippen molar-refractivity contribution in [1.29, 1.82) is 0 Å². The van der Waals surface area contributed by atoms with E-state index in [9.17, 15) is 0 Å². The van der Waals surface area contributed by atoms with E-state index < -0.39 is 0 Å². The van der Waals surface area contributed by atoms with Gasteiger partial charge in [0.25, 0.3) is 0 Å². The molecule has 1 aromatic heterocycles. The van der Waals surface area contributed by atoms with Gasteiger partial charge in [0.2, 0.25) is 0 Å². The van der Waals surface area contributed by atoms with E-state index in [0.717, 1.165) is 37.7 Å². The number of aromatic nitrogens is 2. The minimum absolute atomic E-state index is 0.737. The van der Waals surface area contributed by atoms with Crippen LogP contribution in [0.4, 0.5) is 0 Å². The summed E-state index contributed by atoms with van der Waals surface area (Å²) < 4.78 is 2.12. The van der Waals surface area contributed by atoms with Crippen molar-refractivity contribution in [3.8, 4) is 0 Å². The van der Waals surface area contributed by atoms with Crippen LogP contribution in [0.25, 0.3) is 0 Å². The Balaban J connectivity index is 2.41. The van der Waals surface area contributed by atoms with Gasteiger partial charge in [-0.05, 0) is 51.8 Å². The van der Waals surface area contributed by atoms with Crippen molar-refractivity contribution in [3.05, 3.63) is 17.5 Å². The van der Waals surface area contributed by atoms with Crippen molar-refractivity contribution >= 4 is 0 Å². The predicted octanol–water partition coefficient (Wildman–Crippen LogP) is 2.39. The van der Waals surface area contributed by atoms with E-state index in [0.29, 0.717) is 0 Å². The largest absolute Gasteiger partial charge is 0.317 e. The van der Waals surface area contributed by atoms with Gasteiger partial charge < -0.3 is 5.32 Å². The molecule has 0 amide bonds. The zero-order chi connectivity index (χ0) is 12.0. The summed E-state index contributed by atoms with van der Waals surface area (Å²) in [6.45, 7) is 11.8. The normalized spacial score (nSPS) is 13.0. The van der Waals surface area contributed by atoms with E-state index in [1.54, 1.807) is 0 Å². The Labute approximate surface area is 99.2 Å². The van der Waals surface area contributed by atoms with Crippen molar-refractivity contribution in [2.45, 2.75) is 47.1 Å². The quantitative estimate of drug-likeness (QED) is 0.769. The second-order valence-corrected chi connectivity index (χ2v) is 4.54. The van der Waals surface area contributed by atoms with Gasteiger partial charge in [-0.25, -0.2) is 0 Å². The van der Waals surface area contributed by atoms with E-state index in [4.69, 9.17) is 0 Å². The first kappa shape index (κ1) is 13.2. The lowest BCUT2D eigenvalue weighted by atomic mass is 10.0. The smallest absolute Gasteiger partial charge is 0.0596 e. The molecular formula is C13H25N3. The van der Waals surface area contributed by atoms with Gasteiger partial charge in [-0.3, -0.25) is 4.68 Å². The molecule has 0 saturated carbocycles. The second-order valence-electron chi connectivity index (χ2n) is 4.54. The van der Waals surface area contributed by atoms with Gasteiger partial charge in [0.1, 0.15) is 0 Å². The molecular weight excluding hydrogens is 198 g/mol. The van der Waals surface area contributed by atoms with Crippen LogP contribution in [0.3, 0.4) is 0 Å². The molecule has 1 aromatic rings. The Morgan fingerprint density at radius 2 is 2.19 bits per heavy atom. The fourth-order valence-corrected chi connectivity index (χ4v) is 1.96. The van der Waals surface area contributed by atoms with Crippen molar-refractivity contribution in [1.82, 2.24) is 15.1 Å². The van der Waals surface area contributed by atoms with Gasteiger partial charge in [-0.15, -0.1) is 0 Å². The van der Waals surface area contributed by atoms with Crippen molar-refractivity contribution in [2.75, 3.05) is 13.1 Å². The van der Waals surface area contributed by atoms with Crippen LogP contribution >= 0.6 is 0 Å². The minimum atomic E-state index is 0.737. The van der Waals surface area contributed by atoms with E-state index >= 15 is 0 Å². The van der Waals surface area contributed by atoms with Crippen molar-refractivity contribution < 1.29 is 0 Å². The van der Waals surface area contributed by atoms with Crippen LogP contribution in [-0.2, 0) is 13.0 Å². The van der Waals surface area contributed by atoms with Gasteiger partial charge in [-0.2, -0.15) is 5.10 Å². The molecule has 16 heavy (non-hydrogen) atoms. The molecule has 0 aliphatic rings. The summed E-state index contributed by atoms with van der Waals surface area (Å²) in [5.41, 5.74) is 2.51. The molecule has 92 valence electrons. The molecule has 0 spiro atoms. The Bertz CT molecular complexity index is 304. The summed E-state index contributed by atoms with van der Waals surface area (Å²) in [5, 5.41) is 7.87. The number of hydrogen-bond acceptors (Lipinski definition) is 2. The maximum Gasteiger partial charge on any atom is 0.0596 e. The molecule has 1 unspecified atom stereocenters. The van der Waals surface area contributed by atoms with Crippen LogP contribution in [-0.4, -0.2) is 22.9 Å². The highest BCUT2D eigenvalue weighted by Crippen LogP contribution is 2.10. The SMILES string of the molecule is CCNCC(C)CCc1cc(C)nn1CC. The molecule has 1 heterocycles. The van der Waals surface area contributed by atoms with E-state index in [-0.39, 0.29) is 0 Å². The van der Waals surface area contributed by atoms with E-state index in [2.05, 4.69) is 48.9 Å². The first-order valence-corrected chi connectivity index (χ1v) is 6.41. The highest BCUT2D eigenvalue weighted by molar-refractivity contribution is 5.09. The number of nitrogens with one attached hydrogen (secondary N) is 1. The zero-order valence-electron chi connectivity index (χ0n) is 11.1. The third-order valence-electron chi connectivity index (χ3n) is 2.92. The maximum absolute atomic E-state index is 4.47. The molecule has 0 bridgehead atoms. The van der Waals surface area contributed by atoms with Crippen LogP contribution in [0.2, 0.25) is 0 Å². The molecule has 1 atom stereocenters. The molecule has 3 heteroatoms. The molecule has 1 rings (SSSR count). The molecule has 1 N–H and O–H groups in total. The van der Waals surface area contributed by atoms with Gasteiger partial charge in [0.15, 0.2) is 0 Å². The Hall–Kier alpha value is -0.830. The fraction of sp³-hybridized carbons (Fsp3) is 0.769. The summed E-state index contributed by atoms with van der Waals surface area (Å²) in [5.74, 6) is 0.737. The predicted molar refractivity (Wildman–Crippen MR) is 68.7 cm³/mol. The Morgan fingerprint density at radius 1 is 1.44 bits per heavy atom. The van der Waals surface area contributed by atoms with Crippen LogP contribution in [0.5, 0.6) is 0 Å². The molecule has 0 radical (unpaired) electrons. The summed E-state index contributed by atoms with van der Waals surface area (Å²) in [6.07, 6.45) is 2.37. The first-order valence-electron chi connectivity index (χ1n) is 6.41. The van der Waals surface area contributed by atoms with E-state index in [1.807, 2.05) is 0 Å². The third kappa shape index (κ3) is 3.97. The topological polar surface area (TPSA) is 29.9 Å². The average molecular weight is 223 g/mol. The zero-order valence-corrected chi connectivity index (χ0v) is 11.1. The number of aryl methyl sites for hydroxylation is 3. The number of rotatable bonds is 7.